The van der Waals surface area contributed by atoms with Crippen molar-refractivity contribution in [1.29, 1.82) is 0 Å². The number of benzene rings is 5. The summed E-state index contributed by atoms with van der Waals surface area (Å²) in [6, 6.07) is 47.2. The smallest absolute Gasteiger partial charge is 0.338 e. The molecule has 0 amide bonds. The highest BCUT2D eigenvalue weighted by Crippen LogP contribution is 2.26. The van der Waals surface area contributed by atoms with Crippen LogP contribution < -0.4 is 4.90 Å². The Labute approximate surface area is 253 Å². The Morgan fingerprint density at radius 2 is 0.977 bits per heavy atom. The zero-order chi connectivity index (χ0) is 29.7. The van der Waals surface area contributed by atoms with Crippen molar-refractivity contribution in [3.63, 3.8) is 0 Å². The molecular weight excluding hydrogens is 534 g/mol. The standard InChI is InChI=1S/C38H35NO4/c40-37(33-17-9-3-10-18-33)42-26-25-35(29-43-38(41)34-19-11-4-12-20-34)32-21-23-36(24-22-32)39(27-30-13-5-1-6-14-30)28-31-15-7-2-8-16-31/h1-24,35H,25-29H2/t35-/m0/s1. The average molecular weight is 570 g/mol. The molecule has 0 N–H and O–H groups in total. The van der Waals surface area contributed by atoms with E-state index in [2.05, 4.69) is 77.7 Å². The third-order valence-corrected chi connectivity index (χ3v) is 7.30. The van der Waals surface area contributed by atoms with Crippen molar-refractivity contribution in [2.75, 3.05) is 18.1 Å². The normalized spacial score (nSPS) is 11.3. The predicted octanol–water partition coefficient (Wildman–Crippen LogP) is 8.08. The maximum Gasteiger partial charge on any atom is 0.338 e. The molecule has 0 heterocycles. The van der Waals surface area contributed by atoms with Gasteiger partial charge in [0.25, 0.3) is 0 Å². The van der Waals surface area contributed by atoms with Gasteiger partial charge in [-0.25, -0.2) is 9.59 Å². The van der Waals surface area contributed by atoms with Gasteiger partial charge in [-0.1, -0.05) is 109 Å². The molecule has 1 atom stereocenters. The van der Waals surface area contributed by atoms with Crippen LogP contribution in [0, 0.1) is 0 Å². The molecular formula is C38H35NO4. The molecule has 0 aliphatic carbocycles. The number of carbonyl (C=O) groups is 2. The van der Waals surface area contributed by atoms with Crippen molar-refractivity contribution in [3.05, 3.63) is 173 Å². The van der Waals surface area contributed by atoms with Gasteiger partial charge in [-0.15, -0.1) is 0 Å². The third kappa shape index (κ3) is 8.66. The fourth-order valence-electron chi connectivity index (χ4n) is 4.93. The number of hydrogen-bond donors (Lipinski definition) is 0. The molecule has 5 heteroatoms. The van der Waals surface area contributed by atoms with Crippen LogP contribution in [0.15, 0.2) is 146 Å². The number of esters is 2. The third-order valence-electron chi connectivity index (χ3n) is 7.30. The molecule has 5 aromatic rings. The van der Waals surface area contributed by atoms with Crippen molar-refractivity contribution in [2.24, 2.45) is 0 Å². The van der Waals surface area contributed by atoms with Crippen molar-refractivity contribution in [2.45, 2.75) is 25.4 Å². The van der Waals surface area contributed by atoms with Crippen LogP contribution in [0.25, 0.3) is 0 Å². The van der Waals surface area contributed by atoms with E-state index >= 15 is 0 Å². The van der Waals surface area contributed by atoms with Gasteiger partial charge >= 0.3 is 11.9 Å². The summed E-state index contributed by atoms with van der Waals surface area (Å²) >= 11 is 0. The monoisotopic (exact) mass is 569 g/mol. The number of anilines is 1. The van der Waals surface area contributed by atoms with E-state index in [0.29, 0.717) is 17.5 Å². The van der Waals surface area contributed by atoms with E-state index in [1.54, 1.807) is 24.3 Å². The van der Waals surface area contributed by atoms with Gasteiger partial charge in [0.15, 0.2) is 0 Å². The average Bonchev–Trinajstić information content (AvgIpc) is 3.07. The highest BCUT2D eigenvalue weighted by Gasteiger charge is 2.18. The van der Waals surface area contributed by atoms with Crippen molar-refractivity contribution >= 4 is 17.6 Å². The molecule has 0 saturated carbocycles. The molecule has 0 aliphatic rings. The Morgan fingerprint density at radius 3 is 1.47 bits per heavy atom. The summed E-state index contributed by atoms with van der Waals surface area (Å²) in [5.74, 6) is -0.893. The van der Waals surface area contributed by atoms with Gasteiger partial charge in [0.1, 0.15) is 0 Å². The lowest BCUT2D eigenvalue weighted by molar-refractivity contribution is 0.0405. The number of rotatable bonds is 13. The van der Waals surface area contributed by atoms with Crippen LogP contribution in [0.4, 0.5) is 5.69 Å². The van der Waals surface area contributed by atoms with E-state index in [0.717, 1.165) is 24.3 Å². The molecule has 216 valence electrons. The van der Waals surface area contributed by atoms with Crippen molar-refractivity contribution in [1.82, 2.24) is 0 Å². The molecule has 5 nitrogen and oxygen atoms in total. The van der Waals surface area contributed by atoms with Crippen LogP contribution in [-0.4, -0.2) is 25.2 Å². The summed E-state index contributed by atoms with van der Waals surface area (Å²) < 4.78 is 11.3. The highest BCUT2D eigenvalue weighted by atomic mass is 16.5. The number of nitrogens with zero attached hydrogens (tertiary/aromatic N) is 1. The Kier molecular flexibility index (Phi) is 10.4. The van der Waals surface area contributed by atoms with E-state index in [-0.39, 0.29) is 31.1 Å². The molecule has 5 rings (SSSR count). The van der Waals surface area contributed by atoms with Gasteiger partial charge < -0.3 is 14.4 Å². The summed E-state index contributed by atoms with van der Waals surface area (Å²) in [5.41, 5.74) is 5.58. The number of ether oxygens (including phenoxy) is 2. The first kappa shape index (κ1) is 29.3. The van der Waals surface area contributed by atoms with Crippen LogP contribution in [0.3, 0.4) is 0 Å². The minimum absolute atomic E-state index is 0.151. The largest absolute Gasteiger partial charge is 0.462 e. The van der Waals surface area contributed by atoms with E-state index in [1.165, 1.54) is 11.1 Å². The van der Waals surface area contributed by atoms with Crippen LogP contribution in [0.1, 0.15) is 49.7 Å². The molecule has 0 saturated heterocycles. The lowest BCUT2D eigenvalue weighted by Crippen LogP contribution is -2.22. The van der Waals surface area contributed by atoms with Gasteiger partial charge in [-0.3, -0.25) is 0 Å². The quantitative estimate of drug-likeness (QED) is 0.134. The molecule has 0 spiro atoms. The number of hydrogen-bond acceptors (Lipinski definition) is 5. The maximum atomic E-state index is 12.7. The first-order valence-corrected chi connectivity index (χ1v) is 14.5. The first-order valence-electron chi connectivity index (χ1n) is 14.5. The zero-order valence-electron chi connectivity index (χ0n) is 24.0. The van der Waals surface area contributed by atoms with E-state index < -0.39 is 0 Å². The summed E-state index contributed by atoms with van der Waals surface area (Å²) in [7, 11) is 0. The van der Waals surface area contributed by atoms with E-state index in [1.807, 2.05) is 48.5 Å². The minimum atomic E-state index is -0.375. The second-order valence-corrected chi connectivity index (χ2v) is 10.4. The topological polar surface area (TPSA) is 55.8 Å². The Hall–Kier alpha value is -5.16. The summed E-state index contributed by atoms with van der Waals surface area (Å²) in [5, 5.41) is 0. The lowest BCUT2D eigenvalue weighted by Gasteiger charge is -2.26. The highest BCUT2D eigenvalue weighted by molar-refractivity contribution is 5.89. The molecule has 0 unspecified atom stereocenters. The minimum Gasteiger partial charge on any atom is -0.462 e. The predicted molar refractivity (Wildman–Crippen MR) is 170 cm³/mol. The van der Waals surface area contributed by atoms with E-state index in [9.17, 15) is 9.59 Å². The molecule has 0 aliphatic heterocycles. The maximum absolute atomic E-state index is 12.7. The molecule has 43 heavy (non-hydrogen) atoms. The fourth-order valence-corrected chi connectivity index (χ4v) is 4.93. The molecule has 0 aromatic heterocycles. The van der Waals surface area contributed by atoms with Gasteiger partial charge in [-0.05, 0) is 59.5 Å². The zero-order valence-corrected chi connectivity index (χ0v) is 24.0. The number of carbonyl (C=O) groups excluding carboxylic acids is 2. The van der Waals surface area contributed by atoms with Crippen LogP contribution in [0.5, 0.6) is 0 Å². The Morgan fingerprint density at radius 1 is 0.535 bits per heavy atom. The molecule has 5 aromatic carbocycles. The van der Waals surface area contributed by atoms with Crippen LogP contribution >= 0.6 is 0 Å². The van der Waals surface area contributed by atoms with Crippen molar-refractivity contribution < 1.29 is 19.1 Å². The van der Waals surface area contributed by atoms with Gasteiger partial charge in [0, 0.05) is 24.7 Å². The first-order chi connectivity index (χ1) is 21.2. The second kappa shape index (κ2) is 15.2. The summed E-state index contributed by atoms with van der Waals surface area (Å²) in [6.45, 7) is 1.91. The molecule has 0 fully saturated rings. The Balaban J connectivity index is 1.32. The van der Waals surface area contributed by atoms with Gasteiger partial charge in [0.2, 0.25) is 0 Å². The van der Waals surface area contributed by atoms with Gasteiger partial charge in [0.05, 0.1) is 24.3 Å². The SMILES string of the molecule is O=C(OCC[C@@H](COC(=O)c1ccccc1)c1ccc(N(Cc2ccccc2)Cc2ccccc2)cc1)c1ccccc1. The lowest BCUT2D eigenvalue weighted by atomic mass is 9.96. The van der Waals surface area contributed by atoms with Crippen LogP contribution in [-0.2, 0) is 22.6 Å². The van der Waals surface area contributed by atoms with Gasteiger partial charge in [-0.2, -0.15) is 0 Å². The van der Waals surface area contributed by atoms with E-state index in [4.69, 9.17) is 9.47 Å². The second-order valence-electron chi connectivity index (χ2n) is 10.4. The van der Waals surface area contributed by atoms with Crippen LogP contribution in [0.2, 0.25) is 0 Å². The Bertz CT molecular complexity index is 1520. The fraction of sp³-hybridized carbons (Fsp3) is 0.158. The van der Waals surface area contributed by atoms with Crippen molar-refractivity contribution in [3.8, 4) is 0 Å². The summed E-state index contributed by atoms with van der Waals surface area (Å²) in [4.78, 5) is 27.6. The summed E-state index contributed by atoms with van der Waals surface area (Å²) in [6.07, 6.45) is 0.512. The molecule has 0 radical (unpaired) electrons. The molecule has 0 bridgehead atoms.